The summed E-state index contributed by atoms with van der Waals surface area (Å²) in [4.78, 5) is 13.8. The number of anilines is 1. The average Bonchev–Trinajstić information content (AvgIpc) is 3.06. The summed E-state index contributed by atoms with van der Waals surface area (Å²) < 4.78 is 32.1. The zero-order valence-electron chi connectivity index (χ0n) is 15.1. The normalized spacial score (nSPS) is 17.3. The number of sulfonamides is 1. The van der Waals surface area contributed by atoms with Crippen molar-refractivity contribution < 1.29 is 17.9 Å². The molecule has 144 valence electrons. The Labute approximate surface area is 163 Å². The van der Waals surface area contributed by atoms with E-state index in [2.05, 4.69) is 10.0 Å². The minimum atomic E-state index is -3.63. The summed E-state index contributed by atoms with van der Waals surface area (Å²) in [6.45, 7) is 2.02. The van der Waals surface area contributed by atoms with Gasteiger partial charge in [0, 0.05) is 23.7 Å². The number of nitrogens with one attached hydrogen (secondary N) is 2. The number of benzene rings is 2. The lowest BCUT2D eigenvalue weighted by Crippen LogP contribution is -2.35. The zero-order chi connectivity index (χ0) is 19.4. The van der Waals surface area contributed by atoms with Gasteiger partial charge in [-0.25, -0.2) is 13.1 Å². The molecule has 0 saturated carbocycles. The summed E-state index contributed by atoms with van der Waals surface area (Å²) >= 11 is 1.55. The van der Waals surface area contributed by atoms with Crippen molar-refractivity contribution in [3.8, 4) is 0 Å². The first-order chi connectivity index (χ1) is 12.9. The Balaban J connectivity index is 1.62. The lowest BCUT2D eigenvalue weighted by atomic mass is 10.1. The van der Waals surface area contributed by atoms with E-state index in [4.69, 9.17) is 4.74 Å². The molecule has 2 atom stereocenters. The van der Waals surface area contributed by atoms with E-state index in [0.29, 0.717) is 12.1 Å². The van der Waals surface area contributed by atoms with E-state index < -0.39 is 10.0 Å². The summed E-state index contributed by atoms with van der Waals surface area (Å²) in [6, 6.07) is 13.8. The molecule has 2 aromatic carbocycles. The largest absolute Gasteiger partial charge is 0.383 e. The molecule has 3 rings (SSSR count). The predicted octanol–water partition coefficient (Wildman–Crippen LogP) is 2.66. The molecule has 6 nitrogen and oxygen atoms in total. The molecule has 2 unspecified atom stereocenters. The van der Waals surface area contributed by atoms with Crippen LogP contribution in [0, 0.1) is 0 Å². The molecule has 27 heavy (non-hydrogen) atoms. The highest BCUT2D eigenvalue weighted by Crippen LogP contribution is 2.37. The molecule has 0 fully saturated rings. The van der Waals surface area contributed by atoms with Crippen molar-refractivity contribution in [2.24, 2.45) is 0 Å². The predicted molar refractivity (Wildman–Crippen MR) is 107 cm³/mol. The van der Waals surface area contributed by atoms with Crippen LogP contribution in [0.4, 0.5) is 5.69 Å². The molecule has 1 aliphatic heterocycles. The molecule has 1 amide bonds. The standard InChI is InChI=1S/C19H22N2O4S2/c1-13(12-25-2)21-27(23,24)16-9-7-15(8-10-16)20-19(22)18-11-14-5-3-4-6-17(14)26-18/h3-10,13,18,21H,11-12H2,1-2H3,(H,20,22). The lowest BCUT2D eigenvalue weighted by Gasteiger charge is -2.14. The number of rotatable bonds is 7. The van der Waals surface area contributed by atoms with Crippen molar-refractivity contribution in [3.63, 3.8) is 0 Å². The summed E-state index contributed by atoms with van der Waals surface area (Å²) in [5, 5.41) is 2.69. The maximum absolute atomic E-state index is 12.5. The van der Waals surface area contributed by atoms with Gasteiger partial charge in [0.2, 0.25) is 15.9 Å². The maximum atomic E-state index is 12.5. The van der Waals surface area contributed by atoms with Crippen LogP contribution in [0.25, 0.3) is 0 Å². The number of hydrogen-bond acceptors (Lipinski definition) is 5. The fraction of sp³-hybridized carbons (Fsp3) is 0.316. The van der Waals surface area contributed by atoms with Crippen LogP contribution >= 0.6 is 11.8 Å². The number of methoxy groups -OCH3 is 1. The van der Waals surface area contributed by atoms with Gasteiger partial charge >= 0.3 is 0 Å². The molecule has 0 bridgehead atoms. The first kappa shape index (κ1) is 19.9. The number of carbonyl (C=O) groups is 1. The highest BCUT2D eigenvalue weighted by Gasteiger charge is 2.28. The molecular formula is C19H22N2O4S2. The van der Waals surface area contributed by atoms with Crippen LogP contribution < -0.4 is 10.0 Å². The van der Waals surface area contributed by atoms with Crippen molar-refractivity contribution in [3.05, 3.63) is 54.1 Å². The fourth-order valence-corrected chi connectivity index (χ4v) is 5.31. The van der Waals surface area contributed by atoms with Gasteiger partial charge in [-0.15, -0.1) is 11.8 Å². The van der Waals surface area contributed by atoms with Crippen LogP contribution in [-0.2, 0) is 26.0 Å². The quantitative estimate of drug-likeness (QED) is 0.738. The first-order valence-corrected chi connectivity index (χ1v) is 10.9. The molecule has 0 spiro atoms. The molecule has 2 aromatic rings. The van der Waals surface area contributed by atoms with E-state index >= 15 is 0 Å². The fourth-order valence-electron chi connectivity index (χ4n) is 2.89. The molecule has 8 heteroatoms. The van der Waals surface area contributed by atoms with Crippen LogP contribution in [0.15, 0.2) is 58.3 Å². The second-order valence-corrected chi connectivity index (χ2v) is 9.37. The van der Waals surface area contributed by atoms with Crippen molar-refractivity contribution >= 4 is 33.4 Å². The molecule has 0 aliphatic carbocycles. The smallest absolute Gasteiger partial charge is 0.240 e. The number of fused-ring (bicyclic) bond motifs is 1. The Hall–Kier alpha value is -1.87. The second kappa shape index (κ2) is 8.43. The van der Waals surface area contributed by atoms with Gasteiger partial charge in [-0.2, -0.15) is 0 Å². The molecule has 2 N–H and O–H groups in total. The van der Waals surface area contributed by atoms with E-state index in [-0.39, 0.29) is 28.7 Å². The van der Waals surface area contributed by atoms with E-state index in [9.17, 15) is 13.2 Å². The third-order valence-electron chi connectivity index (χ3n) is 4.14. The zero-order valence-corrected chi connectivity index (χ0v) is 16.8. The molecular weight excluding hydrogens is 384 g/mol. The van der Waals surface area contributed by atoms with Gasteiger partial charge in [-0.1, -0.05) is 18.2 Å². The van der Waals surface area contributed by atoms with Crippen LogP contribution in [0.2, 0.25) is 0 Å². The van der Waals surface area contributed by atoms with Gasteiger partial charge in [-0.3, -0.25) is 4.79 Å². The van der Waals surface area contributed by atoms with Crippen LogP contribution in [0.1, 0.15) is 12.5 Å². The van der Waals surface area contributed by atoms with E-state index in [1.54, 1.807) is 30.8 Å². The Kier molecular flexibility index (Phi) is 6.21. The number of hydrogen-bond donors (Lipinski definition) is 2. The van der Waals surface area contributed by atoms with Crippen molar-refractivity contribution in [2.45, 2.75) is 34.4 Å². The molecule has 0 aromatic heterocycles. The van der Waals surface area contributed by atoms with Crippen molar-refractivity contribution in [2.75, 3.05) is 19.0 Å². The number of carbonyl (C=O) groups excluding carboxylic acids is 1. The van der Waals surface area contributed by atoms with Gasteiger partial charge < -0.3 is 10.1 Å². The average molecular weight is 407 g/mol. The van der Waals surface area contributed by atoms with Gasteiger partial charge in [0.05, 0.1) is 16.8 Å². The summed E-state index contributed by atoms with van der Waals surface area (Å²) in [5.74, 6) is -0.0846. The Morgan fingerprint density at radius 2 is 1.93 bits per heavy atom. The van der Waals surface area contributed by atoms with Crippen LogP contribution in [-0.4, -0.2) is 39.3 Å². The molecule has 0 saturated heterocycles. The molecule has 1 aliphatic rings. The van der Waals surface area contributed by atoms with Crippen LogP contribution in [0.5, 0.6) is 0 Å². The van der Waals surface area contributed by atoms with Gasteiger partial charge in [0.25, 0.3) is 0 Å². The second-order valence-electron chi connectivity index (χ2n) is 6.41. The minimum absolute atomic E-state index is 0.0846. The highest BCUT2D eigenvalue weighted by molar-refractivity contribution is 8.01. The van der Waals surface area contributed by atoms with Gasteiger partial charge in [-0.05, 0) is 49.2 Å². The molecule has 0 radical (unpaired) electrons. The number of thioether (sulfide) groups is 1. The monoisotopic (exact) mass is 406 g/mol. The topological polar surface area (TPSA) is 84.5 Å². The Morgan fingerprint density at radius 1 is 1.22 bits per heavy atom. The summed E-state index contributed by atoms with van der Waals surface area (Å²) in [6.07, 6.45) is 0.695. The Morgan fingerprint density at radius 3 is 2.59 bits per heavy atom. The van der Waals surface area contributed by atoms with Gasteiger partial charge in [0.15, 0.2) is 0 Å². The SMILES string of the molecule is COCC(C)NS(=O)(=O)c1ccc(NC(=O)C2Cc3ccccc3S2)cc1. The summed E-state index contributed by atoms with van der Waals surface area (Å²) in [7, 11) is -2.11. The minimum Gasteiger partial charge on any atom is -0.383 e. The highest BCUT2D eigenvalue weighted by atomic mass is 32.2. The van der Waals surface area contributed by atoms with Crippen LogP contribution in [0.3, 0.4) is 0 Å². The van der Waals surface area contributed by atoms with Gasteiger partial charge in [0.1, 0.15) is 0 Å². The van der Waals surface area contributed by atoms with Crippen molar-refractivity contribution in [1.29, 1.82) is 0 Å². The Bertz CT molecular complexity index is 889. The van der Waals surface area contributed by atoms with Crippen molar-refractivity contribution in [1.82, 2.24) is 4.72 Å². The lowest BCUT2D eigenvalue weighted by molar-refractivity contribution is -0.115. The molecule has 1 heterocycles. The third-order valence-corrected chi connectivity index (χ3v) is 7.07. The van der Waals surface area contributed by atoms with E-state index in [0.717, 1.165) is 4.90 Å². The maximum Gasteiger partial charge on any atom is 0.240 e. The number of ether oxygens (including phenoxy) is 1. The number of amides is 1. The third kappa shape index (κ3) is 4.90. The summed E-state index contributed by atoms with van der Waals surface area (Å²) in [5.41, 5.74) is 1.75. The van der Waals surface area contributed by atoms with E-state index in [1.165, 1.54) is 24.8 Å². The first-order valence-electron chi connectivity index (χ1n) is 8.56. The van der Waals surface area contributed by atoms with E-state index in [1.807, 2.05) is 24.3 Å².